The van der Waals surface area contributed by atoms with Gasteiger partial charge >= 0.3 is 0 Å². The fraction of sp³-hybridized carbons (Fsp3) is 0.218. The standard InChI is InChI=1S/C25H28O4.2C20H20O4.C18H14O6.C18H16O6/c1-17(2)5-4-6-18(3)7-13-21-24(28)16-14-22(25(21)29)23(27)15-10-19-8-11-20(26)12-9-19;1-12(2)3-4-14-9-13(5-8-18(14)22)17-11-24-19-10-15(21)6-7-16(19)20(17)23;1-13(2)3-9-16-19(23)12-10-17(20(16)24)18(22)11-6-14-4-7-15(21)8-5-14;1-18(2)4-3-9-14-13(7-11(21)17(9)24-18)23-12-6-8(19)5-10(20)15(12)16(14)22;1-18(2)6-5-8-11(24-18)7-12-13(14(8)20)15(21)9-3-4-10(19)16(22)17(9)23-12/h5,7-12,14-16,26,28-29H,4,6,13H2,1-3H3;3,5-10,17,21-22H,4,11H2,1-2H3;3-8,10-12,21,23-24H,9H2,1-2H3;3-7,19-21H,1-2H3;3-4,7,19-20,22H,5-6H2,1-2H3/b15-10+,18-7+;;11-6+;;. The first-order chi connectivity index (χ1) is 59.2. The lowest BCUT2D eigenvalue weighted by molar-refractivity contribution is 0.0838. The van der Waals surface area contributed by atoms with E-state index in [1.54, 1.807) is 72.8 Å². The van der Waals surface area contributed by atoms with Gasteiger partial charge in [0.05, 0.1) is 33.4 Å². The number of fused-ring (bicyclic) bond motifs is 8. The fourth-order valence-corrected chi connectivity index (χ4v) is 13.9. The molecule has 0 bridgehead atoms. The highest BCUT2D eigenvalue weighted by molar-refractivity contribution is 6.10. The molecule has 10 aromatic carbocycles. The van der Waals surface area contributed by atoms with Crippen molar-refractivity contribution in [2.45, 2.75) is 138 Å². The summed E-state index contributed by atoms with van der Waals surface area (Å²) in [4.78, 5) is 63.2. The van der Waals surface area contributed by atoms with E-state index in [1.165, 1.54) is 108 Å². The minimum Gasteiger partial charge on any atom is -0.508 e. The van der Waals surface area contributed by atoms with E-state index < -0.39 is 28.1 Å². The average Bonchev–Trinajstić information content (AvgIpc) is 0.740. The summed E-state index contributed by atoms with van der Waals surface area (Å²) in [5.74, 6) is -1.75. The van der Waals surface area contributed by atoms with Gasteiger partial charge in [-0.2, -0.15) is 0 Å². The maximum atomic E-state index is 12.9. The van der Waals surface area contributed by atoms with E-state index in [9.17, 15) is 95.5 Å². The van der Waals surface area contributed by atoms with Crippen molar-refractivity contribution >= 4 is 79.5 Å². The first-order valence-corrected chi connectivity index (χ1v) is 40.1. The highest BCUT2D eigenvalue weighted by Gasteiger charge is 2.34. The number of benzene rings is 10. The van der Waals surface area contributed by atoms with Crippen LogP contribution in [-0.2, 0) is 25.7 Å². The first kappa shape index (κ1) is 90.7. The van der Waals surface area contributed by atoms with Gasteiger partial charge in [-0.1, -0.05) is 101 Å². The predicted molar refractivity (Wildman–Crippen MR) is 480 cm³/mol. The summed E-state index contributed by atoms with van der Waals surface area (Å²) in [5.41, 5.74) is 8.41. The molecule has 5 heterocycles. The zero-order valence-corrected chi connectivity index (χ0v) is 70.7. The molecule has 24 heteroatoms. The van der Waals surface area contributed by atoms with E-state index in [1.807, 2.05) is 86.6 Å². The number of rotatable bonds is 16. The van der Waals surface area contributed by atoms with Crippen LogP contribution in [0.3, 0.4) is 0 Å². The Kier molecular flexibility index (Phi) is 27.8. The Balaban J connectivity index is 0.000000152. The van der Waals surface area contributed by atoms with Crippen molar-refractivity contribution < 1.29 is 109 Å². The van der Waals surface area contributed by atoms with Gasteiger partial charge in [0.25, 0.3) is 0 Å². The number of Topliss-reactive ketones (excluding diaryl/α,β-unsaturated/α-hetero) is 1. The molecule has 3 aliphatic heterocycles. The Morgan fingerprint density at radius 2 is 1.02 bits per heavy atom. The van der Waals surface area contributed by atoms with E-state index in [-0.39, 0.29) is 165 Å². The summed E-state index contributed by atoms with van der Waals surface area (Å²) in [6.07, 6.45) is 21.9. The highest BCUT2D eigenvalue weighted by atomic mass is 16.5. The molecule has 12 aromatic rings. The van der Waals surface area contributed by atoms with Crippen LogP contribution in [0.1, 0.15) is 177 Å². The molecule has 0 saturated heterocycles. The number of aromatic hydroxyl groups is 14. The lowest BCUT2D eigenvalue weighted by Crippen LogP contribution is -2.32. The Morgan fingerprint density at radius 3 is 1.62 bits per heavy atom. The zero-order chi connectivity index (χ0) is 90.8. The summed E-state index contributed by atoms with van der Waals surface area (Å²) in [6, 6.07) is 36.0. The topological polar surface area (TPSA) is 423 Å². The number of ketones is 3. The number of hydrogen-bond donors (Lipinski definition) is 14. The van der Waals surface area contributed by atoms with Crippen molar-refractivity contribution in [3.63, 3.8) is 0 Å². The molecule has 646 valence electrons. The van der Waals surface area contributed by atoms with Crippen molar-refractivity contribution in [2.75, 3.05) is 6.61 Å². The molecule has 3 aliphatic rings. The number of allylic oxidation sites excluding steroid dienone is 10. The zero-order valence-electron chi connectivity index (χ0n) is 70.7. The minimum absolute atomic E-state index is 0.0323. The van der Waals surface area contributed by atoms with Crippen molar-refractivity contribution in [3.05, 3.63) is 292 Å². The van der Waals surface area contributed by atoms with Crippen LogP contribution < -0.4 is 25.1 Å². The minimum atomic E-state index is -0.622. The third-order valence-electron chi connectivity index (χ3n) is 20.8. The van der Waals surface area contributed by atoms with Crippen molar-refractivity contribution in [3.8, 4) is 97.7 Å². The Bertz CT molecular complexity index is 6550. The second-order valence-corrected chi connectivity index (χ2v) is 32.3. The molecule has 24 nitrogen and oxygen atoms in total. The molecule has 1 atom stereocenters. The molecule has 0 spiro atoms. The number of carbonyl (C=O) groups is 3. The van der Waals surface area contributed by atoms with Crippen molar-refractivity contribution in [1.29, 1.82) is 0 Å². The van der Waals surface area contributed by atoms with Crippen molar-refractivity contribution in [1.82, 2.24) is 0 Å². The van der Waals surface area contributed by atoms with Crippen LogP contribution >= 0.6 is 0 Å². The number of phenolic OH excluding ortho intramolecular Hbond substituents is 14. The predicted octanol–water partition coefficient (Wildman–Crippen LogP) is 20.5. The summed E-state index contributed by atoms with van der Waals surface area (Å²) in [5, 5.41) is 139. The maximum absolute atomic E-state index is 12.9. The average molecular weight is 1700 g/mol. The smallest absolute Gasteiger partial charge is 0.205 e. The van der Waals surface area contributed by atoms with E-state index in [4.69, 9.17) is 23.0 Å². The van der Waals surface area contributed by atoms with Crippen LogP contribution in [0.15, 0.2) is 229 Å². The maximum Gasteiger partial charge on any atom is 0.205 e. The third-order valence-corrected chi connectivity index (χ3v) is 20.8. The fourth-order valence-electron chi connectivity index (χ4n) is 13.9. The van der Waals surface area contributed by atoms with Crippen LogP contribution in [0.2, 0.25) is 0 Å². The van der Waals surface area contributed by atoms with E-state index in [0.717, 1.165) is 52.3 Å². The second kappa shape index (κ2) is 38.3. The monoisotopic (exact) mass is 1690 g/mol. The van der Waals surface area contributed by atoms with Gasteiger partial charge in [0.2, 0.25) is 16.6 Å². The van der Waals surface area contributed by atoms with Crippen molar-refractivity contribution in [2.24, 2.45) is 0 Å². The molecule has 0 saturated carbocycles. The van der Waals surface area contributed by atoms with Gasteiger partial charge in [0.1, 0.15) is 120 Å². The molecule has 0 fully saturated rings. The van der Waals surface area contributed by atoms with E-state index >= 15 is 0 Å². The second-order valence-electron chi connectivity index (χ2n) is 32.3. The van der Waals surface area contributed by atoms with Crippen LogP contribution in [0, 0.1) is 0 Å². The van der Waals surface area contributed by atoms with Gasteiger partial charge in [0.15, 0.2) is 40.2 Å². The third kappa shape index (κ3) is 21.6. The summed E-state index contributed by atoms with van der Waals surface area (Å²) in [6.45, 7) is 21.8. The van der Waals surface area contributed by atoms with E-state index in [0.29, 0.717) is 71.4 Å². The van der Waals surface area contributed by atoms with E-state index in [2.05, 4.69) is 19.9 Å². The van der Waals surface area contributed by atoms with Crippen LogP contribution in [0.25, 0.3) is 62.1 Å². The normalized spacial score (nSPS) is 13.9. The Hall–Kier alpha value is -15.1. The van der Waals surface area contributed by atoms with Gasteiger partial charge in [0, 0.05) is 52.6 Å². The molecule has 0 radical (unpaired) electrons. The quantitative estimate of drug-likeness (QED) is 0.0140. The lowest BCUT2D eigenvalue weighted by Gasteiger charge is -2.32. The van der Waals surface area contributed by atoms with Gasteiger partial charge in [-0.25, -0.2) is 0 Å². The number of hydrogen-bond acceptors (Lipinski definition) is 24. The van der Waals surface area contributed by atoms with Gasteiger partial charge in [-0.05, 0) is 240 Å². The molecule has 1 unspecified atom stereocenters. The highest BCUT2D eigenvalue weighted by Crippen LogP contribution is 2.47. The number of carbonyl (C=O) groups excluding carboxylic acids is 3. The number of ether oxygens (including phenoxy) is 3. The van der Waals surface area contributed by atoms with Crippen LogP contribution in [0.4, 0.5) is 0 Å². The van der Waals surface area contributed by atoms with Crippen LogP contribution in [-0.4, -0.2) is 107 Å². The summed E-state index contributed by atoms with van der Waals surface area (Å²) >= 11 is 0. The molecular formula is C101H98O24. The van der Waals surface area contributed by atoms with Gasteiger partial charge in [-0.3, -0.25) is 24.0 Å². The van der Waals surface area contributed by atoms with Gasteiger partial charge in [-0.15, -0.1) is 0 Å². The first-order valence-electron chi connectivity index (χ1n) is 40.1. The molecule has 0 amide bonds. The molecule has 14 N–H and O–H groups in total. The molecular weight excluding hydrogens is 1600 g/mol. The Labute approximate surface area is 719 Å². The van der Waals surface area contributed by atoms with Crippen LogP contribution in [0.5, 0.6) is 97.7 Å². The number of phenols is 14. The molecule has 0 aliphatic carbocycles. The Morgan fingerprint density at radius 1 is 0.464 bits per heavy atom. The molecule has 15 rings (SSSR count). The largest absolute Gasteiger partial charge is 0.508 e. The lowest BCUT2D eigenvalue weighted by atomic mass is 9.87. The summed E-state index contributed by atoms with van der Waals surface area (Å²) in [7, 11) is 0. The molecule has 2 aromatic heterocycles. The SMILES string of the molecule is CC(C)=CCC/C(C)=C/Cc1c(O)ccc(C(=O)/C=C/c2ccc(O)cc2)c1O.CC(C)=CCc1c(O)ccc(C(=O)/C=C/c2ccc(O)cc2)c1O.CC(C)=CCc1cc(C2COc3cc(O)ccc3C2=O)ccc1O.CC1(C)C=Cc2c(c(O)cc3oc4cc(O)cc(O)c4c(=O)c23)O1.CC1(C)CCc2c(cc3oc4c(O)c(O)ccc4c(=O)c3c2O)O1. The van der Waals surface area contributed by atoms with Gasteiger partial charge < -0.3 is 94.5 Å². The molecule has 125 heavy (non-hydrogen) atoms. The summed E-state index contributed by atoms with van der Waals surface area (Å²) < 4.78 is 28.5.